The molecule has 0 aliphatic heterocycles. The van der Waals surface area contributed by atoms with Gasteiger partial charge in [0.2, 0.25) is 0 Å². The normalized spacial score (nSPS) is 15.2. The zero-order valence-corrected chi connectivity index (χ0v) is 13.1. The van der Waals surface area contributed by atoms with E-state index in [0.717, 1.165) is 41.2 Å². The molecule has 0 atom stereocenters. The second-order valence-corrected chi connectivity index (χ2v) is 5.87. The molecular formula is C17H22N2O3. The first-order chi connectivity index (χ1) is 10.7. The van der Waals surface area contributed by atoms with E-state index >= 15 is 0 Å². The third kappa shape index (κ3) is 3.03. The summed E-state index contributed by atoms with van der Waals surface area (Å²) in [7, 11) is 1.65. The van der Waals surface area contributed by atoms with Gasteiger partial charge in [-0.05, 0) is 50.3 Å². The Labute approximate surface area is 129 Å². The Balaban J connectivity index is 1.84. The predicted molar refractivity (Wildman–Crippen MR) is 84.8 cm³/mol. The fourth-order valence-corrected chi connectivity index (χ4v) is 3.00. The quantitative estimate of drug-likeness (QED) is 0.892. The van der Waals surface area contributed by atoms with E-state index in [2.05, 4.69) is 10.2 Å². The molecule has 1 aromatic heterocycles. The highest BCUT2D eigenvalue weighted by Gasteiger charge is 2.19. The van der Waals surface area contributed by atoms with Crippen LogP contribution in [0, 0.1) is 6.92 Å². The average molecular weight is 302 g/mol. The number of benzene rings is 1. The third-order valence-electron chi connectivity index (χ3n) is 4.30. The molecule has 0 bridgehead atoms. The van der Waals surface area contributed by atoms with Crippen molar-refractivity contribution in [3.05, 3.63) is 45.4 Å². The molecule has 0 amide bonds. The standard InChI is InChI=1S/C17H22N2O3/c1-11-14(17(20)19-18-11)9-12-7-8-15(21-2)16(10-12)22-13-5-3-4-6-13/h7-8,10,13H,3-6,9H2,1-2H3,(H2,18,19,20). The molecule has 0 spiro atoms. The minimum atomic E-state index is -0.0634. The van der Waals surface area contributed by atoms with Crippen LogP contribution in [0.4, 0.5) is 0 Å². The van der Waals surface area contributed by atoms with Crippen molar-refractivity contribution in [2.24, 2.45) is 0 Å². The second kappa shape index (κ2) is 6.30. The van der Waals surface area contributed by atoms with Crippen LogP contribution < -0.4 is 15.0 Å². The topological polar surface area (TPSA) is 67.1 Å². The van der Waals surface area contributed by atoms with Gasteiger partial charge in [-0.2, -0.15) is 0 Å². The van der Waals surface area contributed by atoms with Crippen LogP contribution in [0.5, 0.6) is 11.5 Å². The Morgan fingerprint density at radius 3 is 2.59 bits per heavy atom. The van der Waals surface area contributed by atoms with Crippen molar-refractivity contribution in [1.82, 2.24) is 10.2 Å². The largest absolute Gasteiger partial charge is 0.493 e. The number of nitrogens with one attached hydrogen (secondary N) is 2. The van der Waals surface area contributed by atoms with Crippen LogP contribution in [0.2, 0.25) is 0 Å². The zero-order chi connectivity index (χ0) is 15.5. The van der Waals surface area contributed by atoms with E-state index in [-0.39, 0.29) is 11.7 Å². The SMILES string of the molecule is COc1ccc(Cc2c(C)[nH][nH]c2=O)cc1OC1CCCC1. The summed E-state index contributed by atoms with van der Waals surface area (Å²) in [5, 5.41) is 5.48. The first-order valence-electron chi connectivity index (χ1n) is 7.77. The van der Waals surface area contributed by atoms with Gasteiger partial charge in [0.05, 0.1) is 13.2 Å². The molecule has 5 heteroatoms. The summed E-state index contributed by atoms with van der Waals surface area (Å²) < 4.78 is 11.5. The molecule has 118 valence electrons. The van der Waals surface area contributed by atoms with E-state index in [9.17, 15) is 4.79 Å². The van der Waals surface area contributed by atoms with Crippen LogP contribution in [0.3, 0.4) is 0 Å². The number of hydrogen-bond acceptors (Lipinski definition) is 3. The number of aromatic amines is 2. The van der Waals surface area contributed by atoms with E-state index in [4.69, 9.17) is 9.47 Å². The van der Waals surface area contributed by atoms with Gasteiger partial charge in [-0.3, -0.25) is 9.89 Å². The lowest BCUT2D eigenvalue weighted by atomic mass is 10.1. The number of H-pyrrole nitrogens is 2. The highest BCUT2D eigenvalue weighted by atomic mass is 16.5. The lowest BCUT2D eigenvalue weighted by molar-refractivity contribution is 0.200. The first kappa shape index (κ1) is 14.8. The minimum Gasteiger partial charge on any atom is -0.493 e. The van der Waals surface area contributed by atoms with Gasteiger partial charge in [0.1, 0.15) is 0 Å². The monoisotopic (exact) mass is 302 g/mol. The summed E-state index contributed by atoms with van der Waals surface area (Å²) in [6.45, 7) is 1.90. The molecule has 1 aliphatic carbocycles. The summed E-state index contributed by atoms with van der Waals surface area (Å²) in [5.41, 5.74) is 2.62. The lowest BCUT2D eigenvalue weighted by Crippen LogP contribution is -2.12. The van der Waals surface area contributed by atoms with Crippen molar-refractivity contribution in [3.63, 3.8) is 0 Å². The molecule has 2 aromatic rings. The maximum Gasteiger partial charge on any atom is 0.267 e. The van der Waals surface area contributed by atoms with Gasteiger partial charge >= 0.3 is 0 Å². The van der Waals surface area contributed by atoms with E-state index in [1.807, 2.05) is 25.1 Å². The summed E-state index contributed by atoms with van der Waals surface area (Å²) in [6, 6.07) is 5.88. The number of ether oxygens (including phenoxy) is 2. The summed E-state index contributed by atoms with van der Waals surface area (Å²) >= 11 is 0. The number of rotatable bonds is 5. The molecule has 3 rings (SSSR count). The molecule has 1 saturated carbocycles. The van der Waals surface area contributed by atoms with Gasteiger partial charge < -0.3 is 14.6 Å². The first-order valence-corrected chi connectivity index (χ1v) is 7.77. The van der Waals surface area contributed by atoms with Gasteiger partial charge in [-0.15, -0.1) is 0 Å². The Hall–Kier alpha value is -2.17. The molecule has 1 aliphatic rings. The number of hydrogen-bond donors (Lipinski definition) is 2. The van der Waals surface area contributed by atoms with Gasteiger partial charge in [0.15, 0.2) is 11.5 Å². The molecule has 2 N–H and O–H groups in total. The van der Waals surface area contributed by atoms with Crippen molar-refractivity contribution in [1.29, 1.82) is 0 Å². The molecular weight excluding hydrogens is 280 g/mol. The maximum absolute atomic E-state index is 11.8. The van der Waals surface area contributed by atoms with E-state index < -0.39 is 0 Å². The van der Waals surface area contributed by atoms with Gasteiger partial charge in [0.25, 0.3) is 5.56 Å². The van der Waals surface area contributed by atoms with Crippen molar-refractivity contribution in [2.45, 2.75) is 45.1 Å². The van der Waals surface area contributed by atoms with E-state index in [1.54, 1.807) is 7.11 Å². The van der Waals surface area contributed by atoms with Crippen molar-refractivity contribution in [2.75, 3.05) is 7.11 Å². The number of methoxy groups -OCH3 is 1. The molecule has 22 heavy (non-hydrogen) atoms. The number of aromatic nitrogens is 2. The highest BCUT2D eigenvalue weighted by Crippen LogP contribution is 2.32. The Morgan fingerprint density at radius 2 is 1.95 bits per heavy atom. The smallest absolute Gasteiger partial charge is 0.267 e. The fraction of sp³-hybridized carbons (Fsp3) is 0.471. The molecule has 0 saturated heterocycles. The van der Waals surface area contributed by atoms with Crippen LogP contribution in [0.15, 0.2) is 23.0 Å². The molecule has 5 nitrogen and oxygen atoms in total. The van der Waals surface area contributed by atoms with Crippen LogP contribution in [-0.4, -0.2) is 23.4 Å². The van der Waals surface area contributed by atoms with Gasteiger partial charge in [0, 0.05) is 17.7 Å². The molecule has 1 aromatic carbocycles. The average Bonchev–Trinajstić information content (AvgIpc) is 3.13. The minimum absolute atomic E-state index is 0.0634. The molecule has 0 unspecified atom stereocenters. The number of aryl methyl sites for hydroxylation is 1. The van der Waals surface area contributed by atoms with Gasteiger partial charge in [-0.1, -0.05) is 6.07 Å². The van der Waals surface area contributed by atoms with Crippen LogP contribution in [-0.2, 0) is 6.42 Å². The van der Waals surface area contributed by atoms with Crippen molar-refractivity contribution >= 4 is 0 Å². The lowest BCUT2D eigenvalue weighted by Gasteiger charge is -2.16. The third-order valence-corrected chi connectivity index (χ3v) is 4.30. The van der Waals surface area contributed by atoms with Gasteiger partial charge in [-0.25, -0.2) is 0 Å². The van der Waals surface area contributed by atoms with Crippen molar-refractivity contribution < 1.29 is 9.47 Å². The summed E-state index contributed by atoms with van der Waals surface area (Å²) in [6.07, 6.45) is 5.51. The molecule has 1 fully saturated rings. The summed E-state index contributed by atoms with van der Waals surface area (Å²) in [4.78, 5) is 11.8. The Morgan fingerprint density at radius 1 is 1.18 bits per heavy atom. The highest BCUT2D eigenvalue weighted by molar-refractivity contribution is 5.44. The van der Waals surface area contributed by atoms with Crippen LogP contribution in [0.25, 0.3) is 0 Å². The predicted octanol–water partition coefficient (Wildman–Crippen LogP) is 2.93. The van der Waals surface area contributed by atoms with E-state index in [0.29, 0.717) is 6.42 Å². The maximum atomic E-state index is 11.8. The second-order valence-electron chi connectivity index (χ2n) is 5.87. The summed E-state index contributed by atoms with van der Waals surface area (Å²) in [5.74, 6) is 1.52. The van der Waals surface area contributed by atoms with Crippen LogP contribution >= 0.6 is 0 Å². The zero-order valence-electron chi connectivity index (χ0n) is 13.1. The molecule has 1 heterocycles. The van der Waals surface area contributed by atoms with E-state index in [1.165, 1.54) is 12.8 Å². The van der Waals surface area contributed by atoms with Crippen LogP contribution in [0.1, 0.15) is 42.5 Å². The molecule has 0 radical (unpaired) electrons. The Kier molecular flexibility index (Phi) is 4.22. The van der Waals surface area contributed by atoms with Crippen molar-refractivity contribution in [3.8, 4) is 11.5 Å². The Bertz CT molecular complexity index is 696. The fourth-order valence-electron chi connectivity index (χ4n) is 3.00.